The highest BCUT2D eigenvalue weighted by atomic mass is 16.5. The van der Waals surface area contributed by atoms with Crippen molar-refractivity contribution in [3.8, 4) is 11.4 Å². The van der Waals surface area contributed by atoms with Crippen molar-refractivity contribution in [3.05, 3.63) is 78.1 Å². The van der Waals surface area contributed by atoms with E-state index in [9.17, 15) is 0 Å². The lowest BCUT2D eigenvalue weighted by molar-refractivity contribution is 0.414. The first kappa shape index (κ1) is 14.4. The lowest BCUT2D eigenvalue weighted by atomic mass is 10.2. The molecule has 1 heterocycles. The predicted molar refractivity (Wildman–Crippen MR) is 87.1 cm³/mol. The zero-order chi connectivity index (χ0) is 15.2. The van der Waals surface area contributed by atoms with Gasteiger partial charge in [-0.25, -0.2) is 4.68 Å². The molecule has 0 saturated carbocycles. The molecule has 4 nitrogen and oxygen atoms in total. The summed E-state index contributed by atoms with van der Waals surface area (Å²) in [5.74, 6) is 0.892. The molecule has 112 valence electrons. The molecule has 2 aromatic carbocycles. The lowest BCUT2D eigenvalue weighted by Crippen LogP contribution is -2.12. The Hall–Kier alpha value is -2.59. The molecule has 22 heavy (non-hydrogen) atoms. The minimum atomic E-state index is 0.818. The number of aromatic nitrogens is 2. The molecule has 4 heteroatoms. The molecule has 0 radical (unpaired) electrons. The lowest BCUT2D eigenvalue weighted by Gasteiger charge is -2.08. The largest absolute Gasteiger partial charge is 0.497 e. The molecule has 0 aliphatic carbocycles. The van der Waals surface area contributed by atoms with Gasteiger partial charge >= 0.3 is 0 Å². The number of nitrogens with one attached hydrogen (secondary N) is 1. The van der Waals surface area contributed by atoms with Crippen LogP contribution in [0.5, 0.6) is 5.75 Å². The molecule has 1 N–H and O–H groups in total. The van der Waals surface area contributed by atoms with Crippen molar-refractivity contribution < 1.29 is 4.74 Å². The minimum absolute atomic E-state index is 0.818. The summed E-state index contributed by atoms with van der Waals surface area (Å²) in [5.41, 5.74) is 3.54. The zero-order valence-corrected chi connectivity index (χ0v) is 12.6. The maximum atomic E-state index is 5.23. The summed E-state index contributed by atoms with van der Waals surface area (Å²) in [4.78, 5) is 0. The topological polar surface area (TPSA) is 39.1 Å². The molecule has 0 fully saturated rings. The summed E-state index contributed by atoms with van der Waals surface area (Å²) in [7, 11) is 1.69. The van der Waals surface area contributed by atoms with Gasteiger partial charge in [0.15, 0.2) is 0 Å². The summed E-state index contributed by atoms with van der Waals surface area (Å²) in [6, 6.07) is 18.4. The molecular weight excluding hydrogens is 274 g/mol. The van der Waals surface area contributed by atoms with Gasteiger partial charge in [0.2, 0.25) is 0 Å². The van der Waals surface area contributed by atoms with Gasteiger partial charge in [-0.05, 0) is 41.5 Å². The fraction of sp³-hybridized carbons (Fsp3) is 0.167. The van der Waals surface area contributed by atoms with Crippen molar-refractivity contribution in [2.24, 2.45) is 0 Å². The van der Waals surface area contributed by atoms with Gasteiger partial charge in [0.1, 0.15) is 5.75 Å². The highest BCUT2D eigenvalue weighted by molar-refractivity contribution is 5.34. The Morgan fingerprint density at radius 3 is 2.55 bits per heavy atom. The van der Waals surface area contributed by atoms with Gasteiger partial charge in [0.25, 0.3) is 0 Å². The van der Waals surface area contributed by atoms with Crippen LogP contribution in [0.15, 0.2) is 67.0 Å². The summed E-state index contributed by atoms with van der Waals surface area (Å²) >= 11 is 0. The second-order valence-corrected chi connectivity index (χ2v) is 5.07. The summed E-state index contributed by atoms with van der Waals surface area (Å²) in [5, 5.41) is 7.67. The van der Waals surface area contributed by atoms with E-state index in [0.29, 0.717) is 0 Å². The number of rotatable bonds is 6. The highest BCUT2D eigenvalue weighted by Gasteiger charge is 1.99. The number of nitrogens with zero attached hydrogens (tertiary/aromatic N) is 2. The smallest absolute Gasteiger partial charge is 0.119 e. The van der Waals surface area contributed by atoms with E-state index in [1.807, 2.05) is 35.1 Å². The van der Waals surface area contributed by atoms with Crippen LogP contribution in [0.2, 0.25) is 0 Å². The second-order valence-electron chi connectivity index (χ2n) is 5.07. The molecular formula is C18H19N3O. The number of hydrogen-bond acceptors (Lipinski definition) is 3. The van der Waals surface area contributed by atoms with E-state index in [2.05, 4.69) is 40.7 Å². The molecule has 1 aromatic heterocycles. The van der Waals surface area contributed by atoms with E-state index in [1.54, 1.807) is 13.3 Å². The van der Waals surface area contributed by atoms with E-state index < -0.39 is 0 Å². The van der Waals surface area contributed by atoms with Crippen LogP contribution in [0, 0.1) is 0 Å². The summed E-state index contributed by atoms with van der Waals surface area (Å²) < 4.78 is 7.09. The highest BCUT2D eigenvalue weighted by Crippen LogP contribution is 2.13. The Balaban J connectivity index is 1.55. The second kappa shape index (κ2) is 6.91. The van der Waals surface area contributed by atoms with Crippen LogP contribution in [-0.2, 0) is 13.1 Å². The molecule has 0 saturated heterocycles. The van der Waals surface area contributed by atoms with Gasteiger partial charge in [-0.1, -0.05) is 24.3 Å². The summed E-state index contributed by atoms with van der Waals surface area (Å²) in [6.07, 6.45) is 3.72. The van der Waals surface area contributed by atoms with E-state index in [-0.39, 0.29) is 0 Å². The SMILES string of the molecule is COc1cccc(CNCc2ccc(-n3cccn3)cc2)c1. The first-order valence-electron chi connectivity index (χ1n) is 7.28. The maximum Gasteiger partial charge on any atom is 0.119 e. The van der Waals surface area contributed by atoms with E-state index >= 15 is 0 Å². The van der Waals surface area contributed by atoms with Gasteiger partial charge in [-0.15, -0.1) is 0 Å². The first-order valence-corrected chi connectivity index (χ1v) is 7.28. The average molecular weight is 293 g/mol. The predicted octanol–water partition coefficient (Wildman–Crippen LogP) is 3.17. The van der Waals surface area contributed by atoms with E-state index in [1.165, 1.54) is 11.1 Å². The van der Waals surface area contributed by atoms with E-state index in [0.717, 1.165) is 24.5 Å². The van der Waals surface area contributed by atoms with Gasteiger partial charge in [-0.3, -0.25) is 0 Å². The summed E-state index contributed by atoms with van der Waals surface area (Å²) in [6.45, 7) is 1.65. The molecule has 0 aliphatic rings. The minimum Gasteiger partial charge on any atom is -0.497 e. The third kappa shape index (κ3) is 3.54. The Morgan fingerprint density at radius 2 is 1.82 bits per heavy atom. The van der Waals surface area contributed by atoms with Gasteiger partial charge in [-0.2, -0.15) is 5.10 Å². The first-order chi connectivity index (χ1) is 10.8. The van der Waals surface area contributed by atoms with Crippen molar-refractivity contribution >= 4 is 0 Å². The van der Waals surface area contributed by atoms with Crippen molar-refractivity contribution in [2.75, 3.05) is 7.11 Å². The Morgan fingerprint density at radius 1 is 1.00 bits per heavy atom. The Labute approximate surface area is 130 Å². The van der Waals surface area contributed by atoms with Crippen LogP contribution in [0.1, 0.15) is 11.1 Å². The molecule has 3 rings (SSSR count). The van der Waals surface area contributed by atoms with Crippen molar-refractivity contribution in [2.45, 2.75) is 13.1 Å². The molecule has 0 bridgehead atoms. The fourth-order valence-corrected chi connectivity index (χ4v) is 2.32. The average Bonchev–Trinajstić information content (AvgIpc) is 3.10. The van der Waals surface area contributed by atoms with Gasteiger partial charge < -0.3 is 10.1 Å². The molecule has 0 unspecified atom stereocenters. The fourth-order valence-electron chi connectivity index (χ4n) is 2.32. The third-order valence-electron chi connectivity index (χ3n) is 3.50. The number of methoxy groups -OCH3 is 1. The molecule has 0 aliphatic heterocycles. The Kier molecular flexibility index (Phi) is 4.51. The van der Waals surface area contributed by atoms with Crippen LogP contribution in [-0.4, -0.2) is 16.9 Å². The number of ether oxygens (including phenoxy) is 1. The molecule has 0 amide bonds. The van der Waals surface area contributed by atoms with Crippen LogP contribution in [0.3, 0.4) is 0 Å². The van der Waals surface area contributed by atoms with Gasteiger partial charge in [0, 0.05) is 25.5 Å². The number of hydrogen-bond donors (Lipinski definition) is 1. The quantitative estimate of drug-likeness (QED) is 0.758. The Bertz CT molecular complexity index is 705. The monoisotopic (exact) mass is 293 g/mol. The van der Waals surface area contributed by atoms with Crippen molar-refractivity contribution in [3.63, 3.8) is 0 Å². The third-order valence-corrected chi connectivity index (χ3v) is 3.50. The molecule has 0 spiro atoms. The van der Waals surface area contributed by atoms with E-state index in [4.69, 9.17) is 4.74 Å². The van der Waals surface area contributed by atoms with Crippen LogP contribution in [0.4, 0.5) is 0 Å². The number of benzene rings is 2. The molecule has 3 aromatic rings. The van der Waals surface area contributed by atoms with Crippen molar-refractivity contribution in [1.82, 2.24) is 15.1 Å². The van der Waals surface area contributed by atoms with Gasteiger partial charge in [0.05, 0.1) is 12.8 Å². The van der Waals surface area contributed by atoms with Crippen LogP contribution in [0.25, 0.3) is 5.69 Å². The maximum absolute atomic E-state index is 5.23. The van der Waals surface area contributed by atoms with Crippen LogP contribution < -0.4 is 10.1 Å². The van der Waals surface area contributed by atoms with Crippen molar-refractivity contribution in [1.29, 1.82) is 0 Å². The zero-order valence-electron chi connectivity index (χ0n) is 12.6. The molecule has 0 atom stereocenters. The van der Waals surface area contributed by atoms with Crippen LogP contribution >= 0.6 is 0 Å². The standard InChI is InChI=1S/C18H19N3O/c1-22-18-5-2-4-16(12-18)14-19-13-15-6-8-17(9-7-15)21-11-3-10-20-21/h2-12,19H,13-14H2,1H3. The normalized spacial score (nSPS) is 10.6.